The van der Waals surface area contributed by atoms with E-state index in [-0.39, 0.29) is 16.9 Å². The van der Waals surface area contributed by atoms with E-state index in [4.69, 9.17) is 0 Å². The van der Waals surface area contributed by atoms with Gasteiger partial charge in [0.15, 0.2) is 0 Å². The summed E-state index contributed by atoms with van der Waals surface area (Å²) in [6.07, 6.45) is 0. The fourth-order valence-corrected chi connectivity index (χ4v) is 2.83. The van der Waals surface area contributed by atoms with Crippen LogP contribution >= 0.6 is 11.3 Å². The molecular formula is C16H18O2S. The summed E-state index contributed by atoms with van der Waals surface area (Å²) in [7, 11) is 0. The van der Waals surface area contributed by atoms with E-state index in [1.807, 2.05) is 39.1 Å². The number of phenols is 1. The van der Waals surface area contributed by atoms with Gasteiger partial charge in [0, 0.05) is 5.56 Å². The average Bonchev–Trinajstić information content (AvgIpc) is 2.74. The molecule has 1 N–H and O–H groups in total. The van der Waals surface area contributed by atoms with Crippen LogP contribution in [0.2, 0.25) is 0 Å². The molecule has 0 aliphatic carbocycles. The smallest absolute Gasteiger partial charge is 0.202 e. The highest BCUT2D eigenvalue weighted by Gasteiger charge is 2.20. The molecule has 0 amide bonds. The highest BCUT2D eigenvalue weighted by atomic mass is 32.1. The largest absolute Gasteiger partial charge is 0.508 e. The first kappa shape index (κ1) is 13.8. The fourth-order valence-electron chi connectivity index (χ4n) is 1.97. The van der Waals surface area contributed by atoms with Crippen LogP contribution in [0.5, 0.6) is 5.75 Å². The van der Waals surface area contributed by atoms with Gasteiger partial charge in [0.1, 0.15) is 5.75 Å². The molecule has 2 aromatic rings. The molecule has 1 aromatic carbocycles. The number of hydrogen-bond acceptors (Lipinski definition) is 3. The lowest BCUT2D eigenvalue weighted by Gasteiger charge is -2.20. The SMILES string of the molecule is Cc1csc(C(=O)c2ccc(O)c(C(C)(C)C)c2)c1. The molecule has 1 aromatic heterocycles. The van der Waals surface area contributed by atoms with E-state index in [9.17, 15) is 9.90 Å². The zero-order chi connectivity index (χ0) is 14.2. The van der Waals surface area contributed by atoms with E-state index in [2.05, 4.69) is 0 Å². The van der Waals surface area contributed by atoms with Crippen LogP contribution in [-0.2, 0) is 5.41 Å². The topological polar surface area (TPSA) is 37.3 Å². The summed E-state index contributed by atoms with van der Waals surface area (Å²) in [6, 6.07) is 6.99. The van der Waals surface area contributed by atoms with E-state index < -0.39 is 0 Å². The molecule has 0 unspecified atom stereocenters. The third-order valence-electron chi connectivity index (χ3n) is 3.02. The quantitative estimate of drug-likeness (QED) is 0.829. The summed E-state index contributed by atoms with van der Waals surface area (Å²) in [5, 5.41) is 11.9. The Morgan fingerprint density at radius 3 is 2.42 bits per heavy atom. The molecular weight excluding hydrogens is 256 g/mol. The van der Waals surface area contributed by atoms with Crippen molar-refractivity contribution < 1.29 is 9.90 Å². The number of rotatable bonds is 2. The van der Waals surface area contributed by atoms with Gasteiger partial charge in [0.25, 0.3) is 0 Å². The Hall–Kier alpha value is -1.61. The molecule has 0 spiro atoms. The Morgan fingerprint density at radius 1 is 1.21 bits per heavy atom. The lowest BCUT2D eigenvalue weighted by molar-refractivity contribution is 0.104. The highest BCUT2D eigenvalue weighted by molar-refractivity contribution is 7.12. The van der Waals surface area contributed by atoms with Crippen molar-refractivity contribution in [2.24, 2.45) is 0 Å². The van der Waals surface area contributed by atoms with E-state index in [1.165, 1.54) is 11.3 Å². The summed E-state index contributed by atoms with van der Waals surface area (Å²) in [5.41, 5.74) is 2.34. The minimum Gasteiger partial charge on any atom is -0.508 e. The van der Waals surface area contributed by atoms with Crippen LogP contribution in [0.1, 0.15) is 47.1 Å². The second kappa shape index (κ2) is 4.82. The fraction of sp³-hybridized carbons (Fsp3) is 0.312. The second-order valence-electron chi connectivity index (χ2n) is 5.80. The maximum Gasteiger partial charge on any atom is 0.202 e. The predicted octanol–water partition coefficient (Wildman–Crippen LogP) is 4.29. The molecule has 1 heterocycles. The van der Waals surface area contributed by atoms with Crippen LogP contribution in [0.15, 0.2) is 29.6 Å². The molecule has 100 valence electrons. The third-order valence-corrected chi connectivity index (χ3v) is 4.07. The van der Waals surface area contributed by atoms with E-state index >= 15 is 0 Å². The Kier molecular flexibility index (Phi) is 3.50. The van der Waals surface area contributed by atoms with Crippen LogP contribution in [0.3, 0.4) is 0 Å². The predicted molar refractivity (Wildman–Crippen MR) is 79.3 cm³/mol. The zero-order valence-electron chi connectivity index (χ0n) is 11.7. The first-order chi connectivity index (χ1) is 8.79. The van der Waals surface area contributed by atoms with Crippen LogP contribution in [0.25, 0.3) is 0 Å². The van der Waals surface area contributed by atoms with E-state index in [0.717, 1.165) is 16.0 Å². The van der Waals surface area contributed by atoms with Gasteiger partial charge in [-0.05, 0) is 53.1 Å². The Bertz CT molecular complexity index is 618. The number of phenolic OH excluding ortho intramolecular Hbond substituents is 1. The number of benzene rings is 1. The van der Waals surface area contributed by atoms with Gasteiger partial charge in [-0.3, -0.25) is 4.79 Å². The van der Waals surface area contributed by atoms with Crippen molar-refractivity contribution in [1.29, 1.82) is 0 Å². The average molecular weight is 274 g/mol. The van der Waals surface area contributed by atoms with Crippen LogP contribution in [-0.4, -0.2) is 10.9 Å². The molecule has 2 rings (SSSR count). The number of carbonyl (C=O) groups excluding carboxylic acids is 1. The Labute approximate surface area is 117 Å². The van der Waals surface area contributed by atoms with Gasteiger partial charge in [0.05, 0.1) is 4.88 Å². The van der Waals surface area contributed by atoms with Crippen molar-refractivity contribution >= 4 is 17.1 Å². The Balaban J connectivity index is 2.44. The van der Waals surface area contributed by atoms with Crippen molar-refractivity contribution in [3.8, 4) is 5.75 Å². The summed E-state index contributed by atoms with van der Waals surface area (Å²) >= 11 is 1.46. The van der Waals surface area contributed by atoms with Crippen LogP contribution in [0.4, 0.5) is 0 Å². The van der Waals surface area contributed by atoms with E-state index in [1.54, 1.807) is 18.2 Å². The molecule has 0 aliphatic rings. The lowest BCUT2D eigenvalue weighted by atomic mass is 9.85. The number of aryl methyl sites for hydroxylation is 1. The highest BCUT2D eigenvalue weighted by Crippen LogP contribution is 2.32. The summed E-state index contributed by atoms with van der Waals surface area (Å²) in [5.74, 6) is 0.259. The molecule has 2 nitrogen and oxygen atoms in total. The number of hydrogen-bond donors (Lipinski definition) is 1. The zero-order valence-corrected chi connectivity index (χ0v) is 12.5. The summed E-state index contributed by atoms with van der Waals surface area (Å²) < 4.78 is 0. The first-order valence-electron chi connectivity index (χ1n) is 6.22. The number of thiophene rings is 1. The Morgan fingerprint density at radius 2 is 1.89 bits per heavy atom. The molecule has 0 fully saturated rings. The van der Waals surface area contributed by atoms with Gasteiger partial charge in [-0.25, -0.2) is 0 Å². The summed E-state index contributed by atoms with van der Waals surface area (Å²) in [4.78, 5) is 13.1. The number of carbonyl (C=O) groups is 1. The third kappa shape index (κ3) is 2.87. The number of aromatic hydroxyl groups is 1. The first-order valence-corrected chi connectivity index (χ1v) is 7.10. The molecule has 19 heavy (non-hydrogen) atoms. The molecule has 0 saturated heterocycles. The van der Waals surface area contributed by atoms with Crippen molar-refractivity contribution in [1.82, 2.24) is 0 Å². The van der Waals surface area contributed by atoms with Gasteiger partial charge in [-0.2, -0.15) is 0 Å². The van der Waals surface area contributed by atoms with Gasteiger partial charge in [-0.15, -0.1) is 11.3 Å². The van der Waals surface area contributed by atoms with Crippen molar-refractivity contribution in [3.63, 3.8) is 0 Å². The van der Waals surface area contributed by atoms with E-state index in [0.29, 0.717) is 5.56 Å². The van der Waals surface area contributed by atoms with Crippen molar-refractivity contribution in [3.05, 3.63) is 51.2 Å². The van der Waals surface area contributed by atoms with Crippen molar-refractivity contribution in [2.75, 3.05) is 0 Å². The van der Waals surface area contributed by atoms with Crippen molar-refractivity contribution in [2.45, 2.75) is 33.1 Å². The summed E-state index contributed by atoms with van der Waals surface area (Å²) in [6.45, 7) is 8.04. The molecule has 0 saturated carbocycles. The van der Waals surface area contributed by atoms with Gasteiger partial charge >= 0.3 is 0 Å². The minimum absolute atomic E-state index is 0.0172. The standard InChI is InChI=1S/C16H18O2S/c1-10-7-14(19-9-10)15(18)11-5-6-13(17)12(8-11)16(2,3)4/h5-9,17H,1-4H3. The van der Waals surface area contributed by atoms with Gasteiger partial charge < -0.3 is 5.11 Å². The number of ketones is 1. The van der Waals surface area contributed by atoms with Gasteiger partial charge in [-0.1, -0.05) is 20.8 Å². The molecule has 3 heteroatoms. The lowest BCUT2D eigenvalue weighted by Crippen LogP contribution is -2.12. The second-order valence-corrected chi connectivity index (χ2v) is 6.71. The van der Waals surface area contributed by atoms with Crippen LogP contribution in [0, 0.1) is 6.92 Å². The maximum atomic E-state index is 12.4. The minimum atomic E-state index is -0.189. The van der Waals surface area contributed by atoms with Gasteiger partial charge in [0.2, 0.25) is 5.78 Å². The van der Waals surface area contributed by atoms with Crippen LogP contribution < -0.4 is 0 Å². The molecule has 0 aliphatic heterocycles. The molecule has 0 bridgehead atoms. The molecule has 0 radical (unpaired) electrons. The monoisotopic (exact) mass is 274 g/mol. The maximum absolute atomic E-state index is 12.4. The molecule has 0 atom stereocenters. The normalized spacial score (nSPS) is 11.6.